The highest BCUT2D eigenvalue weighted by Gasteiger charge is 2.21. The zero-order chi connectivity index (χ0) is 14.1. The molecular weight excluding hydrogens is 274 g/mol. The van der Waals surface area contributed by atoms with Gasteiger partial charge in [-0.1, -0.05) is 12.1 Å². The first-order valence-corrected chi connectivity index (χ1v) is 7.42. The minimum atomic E-state index is -0.370. The Morgan fingerprint density at radius 1 is 1.50 bits per heavy atom. The third-order valence-corrected chi connectivity index (χ3v) is 4.59. The van der Waals surface area contributed by atoms with Crippen LogP contribution < -0.4 is 5.32 Å². The predicted molar refractivity (Wildman–Crippen MR) is 78.9 cm³/mol. The van der Waals surface area contributed by atoms with Crippen LogP contribution in [0.4, 0.5) is 5.69 Å². The molecule has 1 fully saturated rings. The van der Waals surface area contributed by atoms with Gasteiger partial charge in [-0.2, -0.15) is 0 Å². The number of nitrogens with zero attached hydrogens (tertiary/aromatic N) is 2. The van der Waals surface area contributed by atoms with Crippen LogP contribution in [0.25, 0.3) is 11.3 Å². The molecule has 104 valence electrons. The molecular formula is C14H15N3O2S. The summed E-state index contributed by atoms with van der Waals surface area (Å²) in [5.41, 5.74) is 1.79. The van der Waals surface area contributed by atoms with Gasteiger partial charge >= 0.3 is 0 Å². The molecule has 1 N–H and O–H groups in total. The average molecular weight is 289 g/mol. The molecule has 3 rings (SSSR count). The highest BCUT2D eigenvalue weighted by atomic mass is 32.1. The summed E-state index contributed by atoms with van der Waals surface area (Å²) < 4.78 is 0. The maximum absolute atomic E-state index is 10.9. The van der Waals surface area contributed by atoms with E-state index in [4.69, 9.17) is 4.98 Å². The van der Waals surface area contributed by atoms with Crippen LogP contribution in [0.3, 0.4) is 0 Å². The van der Waals surface area contributed by atoms with Crippen LogP contribution in [0.2, 0.25) is 0 Å². The Morgan fingerprint density at radius 3 is 3.05 bits per heavy atom. The Morgan fingerprint density at radius 2 is 2.35 bits per heavy atom. The topological polar surface area (TPSA) is 68.1 Å². The van der Waals surface area contributed by atoms with Crippen molar-refractivity contribution < 1.29 is 4.92 Å². The summed E-state index contributed by atoms with van der Waals surface area (Å²) in [6, 6.07) is 7.02. The lowest BCUT2D eigenvalue weighted by Gasteiger charge is -2.04. The van der Waals surface area contributed by atoms with Crippen LogP contribution in [0.15, 0.2) is 24.3 Å². The van der Waals surface area contributed by atoms with Gasteiger partial charge in [-0.15, -0.1) is 11.3 Å². The monoisotopic (exact) mass is 289 g/mol. The van der Waals surface area contributed by atoms with E-state index in [0.717, 1.165) is 34.1 Å². The number of nitro benzene ring substituents is 1. The fourth-order valence-electron chi connectivity index (χ4n) is 2.50. The lowest BCUT2D eigenvalue weighted by molar-refractivity contribution is -0.384. The Balaban J connectivity index is 1.97. The lowest BCUT2D eigenvalue weighted by Crippen LogP contribution is -2.12. The smallest absolute Gasteiger partial charge is 0.270 e. The second kappa shape index (κ2) is 5.30. The largest absolute Gasteiger partial charge is 0.308 e. The number of aryl methyl sites for hydroxylation is 1. The minimum Gasteiger partial charge on any atom is -0.308 e. The molecule has 1 atom stereocenters. The number of hydrogen-bond donors (Lipinski definition) is 1. The van der Waals surface area contributed by atoms with E-state index >= 15 is 0 Å². The molecule has 1 aliphatic heterocycles. The fraction of sp³-hybridized carbons (Fsp3) is 0.357. The highest BCUT2D eigenvalue weighted by Crippen LogP contribution is 2.34. The molecule has 0 saturated carbocycles. The molecule has 0 aliphatic carbocycles. The number of nitrogens with one attached hydrogen (secondary N) is 1. The molecule has 1 saturated heterocycles. The van der Waals surface area contributed by atoms with Gasteiger partial charge in [0.15, 0.2) is 0 Å². The molecule has 1 unspecified atom stereocenters. The van der Waals surface area contributed by atoms with Crippen LogP contribution in [-0.4, -0.2) is 16.5 Å². The molecule has 0 amide bonds. The van der Waals surface area contributed by atoms with E-state index < -0.39 is 0 Å². The third-order valence-electron chi connectivity index (χ3n) is 3.50. The molecule has 0 spiro atoms. The third kappa shape index (κ3) is 2.44. The van der Waals surface area contributed by atoms with Crippen LogP contribution in [-0.2, 0) is 0 Å². The second-order valence-corrected chi connectivity index (χ2v) is 6.15. The van der Waals surface area contributed by atoms with Crippen molar-refractivity contribution in [3.8, 4) is 11.3 Å². The quantitative estimate of drug-likeness (QED) is 0.694. The number of benzene rings is 1. The first-order chi connectivity index (χ1) is 9.65. The number of hydrogen-bond acceptors (Lipinski definition) is 5. The van der Waals surface area contributed by atoms with Crippen molar-refractivity contribution in [2.24, 2.45) is 0 Å². The zero-order valence-corrected chi connectivity index (χ0v) is 11.9. The SMILES string of the molecule is Cc1sc(C2CCCN2)nc1-c1cccc([N+](=O)[O-])c1. The van der Waals surface area contributed by atoms with E-state index in [9.17, 15) is 10.1 Å². The summed E-state index contributed by atoms with van der Waals surface area (Å²) in [5.74, 6) is 0. The Kier molecular flexibility index (Phi) is 3.50. The first-order valence-electron chi connectivity index (χ1n) is 6.60. The van der Waals surface area contributed by atoms with Crippen molar-refractivity contribution in [1.82, 2.24) is 10.3 Å². The zero-order valence-electron chi connectivity index (χ0n) is 11.1. The number of nitro groups is 1. The molecule has 0 bridgehead atoms. The molecule has 6 heteroatoms. The molecule has 2 heterocycles. The standard InChI is InChI=1S/C14H15N3O2S/c1-9-13(10-4-2-5-11(8-10)17(18)19)16-14(20-9)12-6-3-7-15-12/h2,4-5,8,12,15H,3,6-7H2,1H3. The summed E-state index contributed by atoms with van der Waals surface area (Å²) in [5, 5.41) is 15.4. The number of aromatic nitrogens is 1. The maximum atomic E-state index is 10.9. The van der Waals surface area contributed by atoms with Crippen LogP contribution in [0, 0.1) is 17.0 Å². The van der Waals surface area contributed by atoms with Crippen molar-refractivity contribution >= 4 is 17.0 Å². The van der Waals surface area contributed by atoms with Crippen LogP contribution in [0.1, 0.15) is 28.8 Å². The molecule has 1 aromatic carbocycles. The van der Waals surface area contributed by atoms with Crippen molar-refractivity contribution in [1.29, 1.82) is 0 Å². The summed E-state index contributed by atoms with van der Waals surface area (Å²) in [6.45, 7) is 3.06. The van der Waals surface area contributed by atoms with Gasteiger partial charge in [0.25, 0.3) is 5.69 Å². The Bertz CT molecular complexity index is 648. The Labute approximate surface area is 120 Å². The van der Waals surface area contributed by atoms with Gasteiger partial charge in [0, 0.05) is 22.6 Å². The average Bonchev–Trinajstić information content (AvgIpc) is 3.07. The molecule has 0 radical (unpaired) electrons. The summed E-state index contributed by atoms with van der Waals surface area (Å²) >= 11 is 1.68. The highest BCUT2D eigenvalue weighted by molar-refractivity contribution is 7.12. The lowest BCUT2D eigenvalue weighted by atomic mass is 10.1. The number of non-ortho nitro benzene ring substituents is 1. The molecule has 2 aromatic rings. The van der Waals surface area contributed by atoms with Crippen LogP contribution in [0.5, 0.6) is 0 Å². The van der Waals surface area contributed by atoms with Gasteiger partial charge < -0.3 is 5.32 Å². The number of rotatable bonds is 3. The second-order valence-electron chi connectivity index (χ2n) is 4.91. The van der Waals surface area contributed by atoms with Crippen molar-refractivity contribution in [2.45, 2.75) is 25.8 Å². The normalized spacial score (nSPS) is 18.4. The van der Waals surface area contributed by atoms with Crippen molar-refractivity contribution in [3.63, 3.8) is 0 Å². The van der Waals surface area contributed by atoms with Gasteiger partial charge in [0.1, 0.15) is 5.01 Å². The van der Waals surface area contributed by atoms with E-state index in [1.807, 2.05) is 13.0 Å². The fourth-order valence-corrected chi connectivity index (χ4v) is 3.55. The van der Waals surface area contributed by atoms with Crippen molar-refractivity contribution in [2.75, 3.05) is 6.54 Å². The van der Waals surface area contributed by atoms with Gasteiger partial charge in [-0.3, -0.25) is 10.1 Å². The molecule has 20 heavy (non-hydrogen) atoms. The molecule has 5 nitrogen and oxygen atoms in total. The van der Waals surface area contributed by atoms with Gasteiger partial charge in [0.05, 0.1) is 16.7 Å². The summed E-state index contributed by atoms with van der Waals surface area (Å²) in [7, 11) is 0. The first kappa shape index (κ1) is 13.2. The van der Waals surface area contributed by atoms with E-state index in [1.165, 1.54) is 12.5 Å². The predicted octanol–water partition coefficient (Wildman–Crippen LogP) is 3.45. The van der Waals surface area contributed by atoms with E-state index in [1.54, 1.807) is 23.5 Å². The molecule has 1 aromatic heterocycles. The van der Waals surface area contributed by atoms with Crippen molar-refractivity contribution in [3.05, 3.63) is 44.3 Å². The van der Waals surface area contributed by atoms with E-state index in [0.29, 0.717) is 6.04 Å². The van der Waals surface area contributed by atoms with Gasteiger partial charge in [-0.25, -0.2) is 4.98 Å². The summed E-state index contributed by atoms with van der Waals surface area (Å²) in [4.78, 5) is 16.3. The van der Waals surface area contributed by atoms with Crippen LogP contribution >= 0.6 is 11.3 Å². The van der Waals surface area contributed by atoms with Gasteiger partial charge in [0.2, 0.25) is 0 Å². The van der Waals surface area contributed by atoms with E-state index in [-0.39, 0.29) is 10.6 Å². The minimum absolute atomic E-state index is 0.107. The maximum Gasteiger partial charge on any atom is 0.270 e. The van der Waals surface area contributed by atoms with Gasteiger partial charge in [-0.05, 0) is 26.3 Å². The Hall–Kier alpha value is -1.79. The summed E-state index contributed by atoms with van der Waals surface area (Å²) in [6.07, 6.45) is 2.29. The number of thiazole rings is 1. The molecule has 1 aliphatic rings. The van der Waals surface area contributed by atoms with E-state index in [2.05, 4.69) is 5.32 Å².